The fraction of sp³-hybridized carbons (Fsp3) is 0.538. The molecule has 0 amide bonds. The van der Waals surface area contributed by atoms with E-state index < -0.39 is 10.7 Å². The number of hydrogen-bond donors (Lipinski definition) is 0. The Kier molecular flexibility index (Phi) is 3.99. The van der Waals surface area contributed by atoms with Gasteiger partial charge in [-0.15, -0.1) is 0 Å². The van der Waals surface area contributed by atoms with Crippen LogP contribution in [0.15, 0.2) is 18.2 Å². The van der Waals surface area contributed by atoms with Crippen LogP contribution in [-0.4, -0.2) is 43.6 Å². The van der Waals surface area contributed by atoms with Gasteiger partial charge in [0, 0.05) is 31.9 Å². The van der Waals surface area contributed by atoms with Gasteiger partial charge in [-0.1, -0.05) is 0 Å². The number of hydrogen-bond acceptors (Lipinski definition) is 4. The number of non-ortho nitro benzene ring substituents is 1. The van der Waals surface area contributed by atoms with Crippen LogP contribution in [0, 0.1) is 21.8 Å². The van der Waals surface area contributed by atoms with Crippen LogP contribution in [0.3, 0.4) is 0 Å². The van der Waals surface area contributed by atoms with Gasteiger partial charge in [0.25, 0.3) is 5.69 Å². The summed E-state index contributed by atoms with van der Waals surface area (Å²) in [4.78, 5) is 14.3. The smallest absolute Gasteiger partial charge is 0.274 e. The van der Waals surface area contributed by atoms with Crippen molar-refractivity contribution in [1.29, 1.82) is 0 Å². The molecule has 0 N–H and O–H groups in total. The van der Waals surface area contributed by atoms with Crippen LogP contribution in [0.2, 0.25) is 0 Å². The summed E-state index contributed by atoms with van der Waals surface area (Å²) in [5.41, 5.74) is 0.353. The van der Waals surface area contributed by atoms with E-state index in [1.807, 2.05) is 11.9 Å². The average Bonchev–Trinajstić information content (AvgIpc) is 2.73. The van der Waals surface area contributed by atoms with E-state index in [1.54, 1.807) is 0 Å². The molecule has 1 aromatic carbocycles. The summed E-state index contributed by atoms with van der Waals surface area (Å²) in [6.45, 7) is 2.87. The van der Waals surface area contributed by atoms with Crippen LogP contribution in [-0.2, 0) is 0 Å². The highest BCUT2D eigenvalue weighted by atomic mass is 19.1. The maximum absolute atomic E-state index is 13.4. The number of anilines is 1. The maximum Gasteiger partial charge on any atom is 0.274 e. The molecular formula is C13H18FN3O2. The molecule has 0 spiro atoms. The van der Waals surface area contributed by atoms with Crippen molar-refractivity contribution in [2.75, 3.05) is 38.6 Å². The van der Waals surface area contributed by atoms with E-state index in [-0.39, 0.29) is 5.69 Å². The lowest BCUT2D eigenvalue weighted by Crippen LogP contribution is -2.27. The van der Waals surface area contributed by atoms with Gasteiger partial charge in [0.15, 0.2) is 0 Å². The minimum absolute atomic E-state index is 0.203. The first-order chi connectivity index (χ1) is 8.95. The Morgan fingerprint density at radius 2 is 2.26 bits per heavy atom. The minimum Gasteiger partial charge on any atom is -0.374 e. The number of rotatable bonds is 4. The van der Waals surface area contributed by atoms with Crippen LogP contribution in [0.1, 0.15) is 6.42 Å². The van der Waals surface area contributed by atoms with Gasteiger partial charge in [0.2, 0.25) is 0 Å². The number of nitro benzene ring substituents is 1. The number of benzene rings is 1. The standard InChI is InChI=1S/C13H18FN3O2/c1-15-4-3-10(8-15)9-16(2)12-5-11(14)6-13(7-12)17(18)19/h5-7,10H,3-4,8-9H2,1-2H3. The Morgan fingerprint density at radius 1 is 1.53 bits per heavy atom. The first kappa shape index (κ1) is 13.7. The van der Waals surface area contributed by atoms with E-state index in [9.17, 15) is 14.5 Å². The molecule has 1 atom stereocenters. The predicted molar refractivity (Wildman–Crippen MR) is 71.9 cm³/mol. The second-order valence-electron chi connectivity index (χ2n) is 5.22. The topological polar surface area (TPSA) is 49.6 Å². The first-order valence-corrected chi connectivity index (χ1v) is 6.30. The summed E-state index contributed by atoms with van der Waals surface area (Å²) < 4.78 is 13.4. The molecule has 0 saturated carbocycles. The quantitative estimate of drug-likeness (QED) is 0.619. The van der Waals surface area contributed by atoms with Crippen molar-refractivity contribution in [3.8, 4) is 0 Å². The molecule has 1 saturated heterocycles. The van der Waals surface area contributed by atoms with Crippen molar-refractivity contribution < 1.29 is 9.31 Å². The molecule has 104 valence electrons. The lowest BCUT2D eigenvalue weighted by Gasteiger charge is -2.23. The van der Waals surface area contributed by atoms with Crippen molar-refractivity contribution in [2.24, 2.45) is 5.92 Å². The van der Waals surface area contributed by atoms with Crippen molar-refractivity contribution in [2.45, 2.75) is 6.42 Å². The molecule has 1 unspecified atom stereocenters. The molecule has 2 rings (SSSR count). The average molecular weight is 267 g/mol. The lowest BCUT2D eigenvalue weighted by molar-refractivity contribution is -0.385. The van der Waals surface area contributed by atoms with Gasteiger partial charge < -0.3 is 9.80 Å². The zero-order valence-electron chi connectivity index (χ0n) is 11.2. The molecule has 1 aliphatic rings. The second-order valence-corrected chi connectivity index (χ2v) is 5.22. The van der Waals surface area contributed by atoms with E-state index in [2.05, 4.69) is 11.9 Å². The third kappa shape index (κ3) is 3.41. The summed E-state index contributed by atoms with van der Waals surface area (Å²) in [6, 6.07) is 3.70. The third-order valence-electron chi connectivity index (χ3n) is 3.54. The molecule has 5 nitrogen and oxygen atoms in total. The fourth-order valence-corrected chi connectivity index (χ4v) is 2.55. The van der Waals surface area contributed by atoms with Gasteiger partial charge in [-0.3, -0.25) is 10.1 Å². The number of likely N-dealkylation sites (tertiary alicyclic amines) is 1. The molecule has 0 aromatic heterocycles. The van der Waals surface area contributed by atoms with Crippen molar-refractivity contribution in [3.05, 3.63) is 34.1 Å². The summed E-state index contributed by atoms with van der Waals surface area (Å²) in [5, 5.41) is 10.7. The summed E-state index contributed by atoms with van der Waals surface area (Å²) >= 11 is 0. The molecule has 0 aliphatic carbocycles. The Morgan fingerprint density at radius 3 is 2.84 bits per heavy atom. The molecule has 1 aliphatic heterocycles. The maximum atomic E-state index is 13.4. The van der Waals surface area contributed by atoms with Crippen LogP contribution >= 0.6 is 0 Å². The Hall–Kier alpha value is -1.69. The lowest BCUT2D eigenvalue weighted by atomic mass is 10.1. The first-order valence-electron chi connectivity index (χ1n) is 6.30. The normalized spacial score (nSPS) is 19.6. The van der Waals surface area contributed by atoms with Gasteiger partial charge >= 0.3 is 0 Å². The van der Waals surface area contributed by atoms with E-state index in [1.165, 1.54) is 12.1 Å². The zero-order chi connectivity index (χ0) is 14.0. The van der Waals surface area contributed by atoms with E-state index in [0.717, 1.165) is 32.1 Å². The van der Waals surface area contributed by atoms with Crippen LogP contribution < -0.4 is 4.90 Å². The van der Waals surface area contributed by atoms with E-state index in [4.69, 9.17) is 0 Å². The highest BCUT2D eigenvalue weighted by molar-refractivity contribution is 5.53. The molecule has 1 aromatic rings. The van der Waals surface area contributed by atoms with Gasteiger partial charge in [0.1, 0.15) is 5.82 Å². The number of halogens is 1. The van der Waals surface area contributed by atoms with Crippen molar-refractivity contribution in [1.82, 2.24) is 4.90 Å². The largest absolute Gasteiger partial charge is 0.374 e. The molecule has 1 heterocycles. The Labute approximate surface area is 111 Å². The predicted octanol–water partition coefficient (Wildman–Crippen LogP) is 2.12. The SMILES string of the molecule is CN1CCC(CN(C)c2cc(F)cc([N+](=O)[O-])c2)C1. The summed E-state index contributed by atoms with van der Waals surface area (Å²) in [7, 11) is 3.92. The molecule has 0 bridgehead atoms. The number of nitrogens with zero attached hydrogens (tertiary/aromatic N) is 3. The van der Waals surface area contributed by atoms with Gasteiger partial charge in [-0.2, -0.15) is 0 Å². The summed E-state index contributed by atoms with van der Waals surface area (Å²) in [6.07, 6.45) is 1.11. The highest BCUT2D eigenvalue weighted by Crippen LogP contribution is 2.24. The monoisotopic (exact) mass is 267 g/mol. The fourth-order valence-electron chi connectivity index (χ4n) is 2.55. The van der Waals surface area contributed by atoms with Crippen LogP contribution in [0.25, 0.3) is 0 Å². The van der Waals surface area contributed by atoms with Gasteiger partial charge in [-0.05, 0) is 32.0 Å². The Balaban J connectivity index is 2.10. The molecule has 6 heteroatoms. The van der Waals surface area contributed by atoms with Crippen molar-refractivity contribution >= 4 is 11.4 Å². The highest BCUT2D eigenvalue weighted by Gasteiger charge is 2.21. The number of nitro groups is 1. The molecule has 19 heavy (non-hydrogen) atoms. The van der Waals surface area contributed by atoms with Crippen molar-refractivity contribution in [3.63, 3.8) is 0 Å². The molecule has 1 fully saturated rings. The van der Waals surface area contributed by atoms with Crippen LogP contribution in [0.4, 0.5) is 15.8 Å². The van der Waals surface area contributed by atoms with E-state index >= 15 is 0 Å². The van der Waals surface area contributed by atoms with Gasteiger partial charge in [0.05, 0.1) is 11.0 Å². The van der Waals surface area contributed by atoms with Crippen LogP contribution in [0.5, 0.6) is 0 Å². The third-order valence-corrected chi connectivity index (χ3v) is 3.54. The van der Waals surface area contributed by atoms with Gasteiger partial charge in [-0.25, -0.2) is 4.39 Å². The van der Waals surface area contributed by atoms with E-state index in [0.29, 0.717) is 11.6 Å². The summed E-state index contributed by atoms with van der Waals surface area (Å²) in [5.74, 6) is -0.0445. The molecule has 0 radical (unpaired) electrons. The molecular weight excluding hydrogens is 249 g/mol. The zero-order valence-corrected chi connectivity index (χ0v) is 11.2. The second kappa shape index (κ2) is 5.52. The minimum atomic E-state index is -0.570. The Bertz CT molecular complexity index is 481.